The van der Waals surface area contributed by atoms with E-state index in [4.69, 9.17) is 4.52 Å². The molecular formula is C17H20N4O3. The molecule has 1 atom stereocenters. The van der Waals surface area contributed by atoms with Crippen LogP contribution in [0.15, 0.2) is 34.9 Å². The number of rotatable bonds is 5. The lowest BCUT2D eigenvalue weighted by Gasteiger charge is -2.18. The highest BCUT2D eigenvalue weighted by Crippen LogP contribution is 2.23. The van der Waals surface area contributed by atoms with Crippen molar-refractivity contribution in [3.63, 3.8) is 0 Å². The van der Waals surface area contributed by atoms with E-state index < -0.39 is 6.04 Å². The first-order chi connectivity index (χ1) is 11.5. The normalized spacial score (nSPS) is 15.4. The van der Waals surface area contributed by atoms with Crippen LogP contribution in [0.2, 0.25) is 0 Å². The molecule has 2 aromatic rings. The van der Waals surface area contributed by atoms with E-state index in [1.54, 1.807) is 24.8 Å². The van der Waals surface area contributed by atoms with Crippen LogP contribution >= 0.6 is 0 Å². The molecular weight excluding hydrogens is 308 g/mol. The van der Waals surface area contributed by atoms with E-state index in [0.29, 0.717) is 18.0 Å². The first-order valence-corrected chi connectivity index (χ1v) is 7.94. The Bertz CT molecular complexity index is 739. The molecule has 7 heteroatoms. The van der Waals surface area contributed by atoms with Crippen LogP contribution < -0.4 is 15.5 Å². The van der Waals surface area contributed by atoms with Crippen LogP contribution in [-0.2, 0) is 9.59 Å². The number of aryl methyl sites for hydroxylation is 1. The summed E-state index contributed by atoms with van der Waals surface area (Å²) < 4.78 is 4.92. The number of carbonyl (C=O) groups is 2. The van der Waals surface area contributed by atoms with E-state index in [1.807, 2.05) is 24.3 Å². The lowest BCUT2D eigenvalue weighted by atomic mass is 10.2. The molecule has 126 valence electrons. The van der Waals surface area contributed by atoms with E-state index in [-0.39, 0.29) is 11.8 Å². The van der Waals surface area contributed by atoms with Crippen molar-refractivity contribution in [2.45, 2.75) is 32.7 Å². The van der Waals surface area contributed by atoms with Gasteiger partial charge in [0.15, 0.2) is 5.82 Å². The molecule has 0 spiro atoms. The zero-order chi connectivity index (χ0) is 17.1. The molecule has 1 fully saturated rings. The van der Waals surface area contributed by atoms with Crippen molar-refractivity contribution in [2.75, 3.05) is 22.1 Å². The molecule has 2 amide bonds. The summed E-state index contributed by atoms with van der Waals surface area (Å²) in [6, 6.07) is 8.72. The fourth-order valence-electron chi connectivity index (χ4n) is 2.63. The first kappa shape index (κ1) is 16.0. The third-order valence-corrected chi connectivity index (χ3v) is 3.91. The van der Waals surface area contributed by atoms with Crippen molar-refractivity contribution in [1.82, 2.24) is 5.16 Å². The summed E-state index contributed by atoms with van der Waals surface area (Å²) in [5.74, 6) is 0.987. The van der Waals surface area contributed by atoms with Gasteiger partial charge in [0.2, 0.25) is 11.8 Å². The Morgan fingerprint density at radius 3 is 2.67 bits per heavy atom. The molecule has 1 aromatic carbocycles. The van der Waals surface area contributed by atoms with Crippen LogP contribution in [0.3, 0.4) is 0 Å². The summed E-state index contributed by atoms with van der Waals surface area (Å²) in [5, 5.41) is 9.55. The number of carbonyl (C=O) groups excluding carboxylic acids is 2. The molecule has 24 heavy (non-hydrogen) atoms. The summed E-state index contributed by atoms with van der Waals surface area (Å²) in [4.78, 5) is 25.7. The number of aromatic nitrogens is 1. The zero-order valence-corrected chi connectivity index (χ0v) is 13.7. The van der Waals surface area contributed by atoms with Crippen LogP contribution in [0.4, 0.5) is 17.2 Å². The van der Waals surface area contributed by atoms with Crippen LogP contribution in [0, 0.1) is 6.92 Å². The van der Waals surface area contributed by atoms with Gasteiger partial charge in [0.1, 0.15) is 11.8 Å². The third kappa shape index (κ3) is 3.56. The van der Waals surface area contributed by atoms with Gasteiger partial charge in [-0.05, 0) is 44.5 Å². The first-order valence-electron chi connectivity index (χ1n) is 7.94. The maximum Gasteiger partial charge on any atom is 0.247 e. The van der Waals surface area contributed by atoms with Gasteiger partial charge in [0.05, 0.1) is 0 Å². The molecule has 2 N–H and O–H groups in total. The molecule has 1 aliphatic rings. The van der Waals surface area contributed by atoms with Crippen molar-refractivity contribution < 1.29 is 14.1 Å². The predicted molar refractivity (Wildman–Crippen MR) is 91.0 cm³/mol. The Kier molecular flexibility index (Phi) is 4.50. The van der Waals surface area contributed by atoms with E-state index in [1.165, 1.54) is 0 Å². The number of hydrogen-bond donors (Lipinski definition) is 2. The second kappa shape index (κ2) is 6.74. The molecule has 1 saturated heterocycles. The molecule has 3 rings (SSSR count). The van der Waals surface area contributed by atoms with E-state index in [0.717, 1.165) is 24.3 Å². The third-order valence-electron chi connectivity index (χ3n) is 3.91. The van der Waals surface area contributed by atoms with Crippen LogP contribution in [0.1, 0.15) is 25.5 Å². The average Bonchev–Trinajstić information content (AvgIpc) is 3.16. The fourth-order valence-corrected chi connectivity index (χ4v) is 2.63. The topological polar surface area (TPSA) is 87.5 Å². The fraction of sp³-hybridized carbons (Fsp3) is 0.353. The second-order valence-corrected chi connectivity index (χ2v) is 5.87. The highest BCUT2D eigenvalue weighted by Gasteiger charge is 2.21. The van der Waals surface area contributed by atoms with Crippen LogP contribution in [-0.4, -0.2) is 29.6 Å². The molecule has 0 bridgehead atoms. The van der Waals surface area contributed by atoms with Gasteiger partial charge in [-0.3, -0.25) is 9.59 Å². The SMILES string of the molecule is Cc1cc(NC(=O)C(C)Nc2ccc(N3CCCC3=O)cc2)no1. The summed E-state index contributed by atoms with van der Waals surface area (Å²) >= 11 is 0. The van der Waals surface area contributed by atoms with E-state index >= 15 is 0 Å². The van der Waals surface area contributed by atoms with Gasteiger partial charge in [-0.25, -0.2) is 0 Å². The molecule has 2 heterocycles. The van der Waals surface area contributed by atoms with Gasteiger partial charge in [-0.1, -0.05) is 5.16 Å². The lowest BCUT2D eigenvalue weighted by Crippen LogP contribution is -2.32. The van der Waals surface area contributed by atoms with Crippen molar-refractivity contribution in [3.05, 3.63) is 36.1 Å². The predicted octanol–water partition coefficient (Wildman–Crippen LogP) is 2.55. The molecule has 7 nitrogen and oxygen atoms in total. The van der Waals surface area contributed by atoms with E-state index in [2.05, 4.69) is 15.8 Å². The Morgan fingerprint density at radius 2 is 2.08 bits per heavy atom. The standard InChI is InChI=1S/C17H20N4O3/c1-11-10-15(20-24-11)19-17(23)12(2)18-13-5-7-14(8-6-13)21-9-3-4-16(21)22/h5-8,10,12,18H,3-4,9H2,1-2H3,(H,19,20,23). The number of anilines is 3. The van der Waals surface area contributed by atoms with Gasteiger partial charge < -0.3 is 20.1 Å². The van der Waals surface area contributed by atoms with Crippen molar-refractivity contribution in [3.8, 4) is 0 Å². The summed E-state index contributed by atoms with van der Waals surface area (Å²) in [6.45, 7) is 4.29. The molecule has 0 aliphatic carbocycles. The summed E-state index contributed by atoms with van der Waals surface area (Å²) in [6.07, 6.45) is 1.51. The number of benzene rings is 1. The number of amides is 2. The summed E-state index contributed by atoms with van der Waals surface area (Å²) in [5.41, 5.74) is 1.70. The van der Waals surface area contributed by atoms with Gasteiger partial charge in [0.25, 0.3) is 0 Å². The molecule has 1 aromatic heterocycles. The minimum Gasteiger partial charge on any atom is -0.374 e. The highest BCUT2D eigenvalue weighted by atomic mass is 16.5. The quantitative estimate of drug-likeness (QED) is 0.881. The Hall–Kier alpha value is -2.83. The largest absolute Gasteiger partial charge is 0.374 e. The second-order valence-electron chi connectivity index (χ2n) is 5.87. The van der Waals surface area contributed by atoms with Gasteiger partial charge in [-0.15, -0.1) is 0 Å². The highest BCUT2D eigenvalue weighted by molar-refractivity contribution is 5.96. The Balaban J connectivity index is 1.58. The van der Waals surface area contributed by atoms with Gasteiger partial charge in [0, 0.05) is 30.4 Å². The number of nitrogens with one attached hydrogen (secondary N) is 2. The van der Waals surface area contributed by atoms with E-state index in [9.17, 15) is 9.59 Å². The van der Waals surface area contributed by atoms with Crippen molar-refractivity contribution >= 4 is 29.0 Å². The maximum atomic E-state index is 12.1. The van der Waals surface area contributed by atoms with Crippen LogP contribution in [0.25, 0.3) is 0 Å². The summed E-state index contributed by atoms with van der Waals surface area (Å²) in [7, 11) is 0. The Morgan fingerprint density at radius 1 is 1.33 bits per heavy atom. The lowest BCUT2D eigenvalue weighted by molar-refractivity contribution is -0.117. The van der Waals surface area contributed by atoms with Crippen molar-refractivity contribution in [1.29, 1.82) is 0 Å². The molecule has 1 unspecified atom stereocenters. The molecule has 1 aliphatic heterocycles. The number of nitrogens with zero attached hydrogens (tertiary/aromatic N) is 2. The Labute approximate surface area is 140 Å². The molecule has 0 radical (unpaired) electrons. The monoisotopic (exact) mass is 328 g/mol. The van der Waals surface area contributed by atoms with Gasteiger partial charge in [-0.2, -0.15) is 0 Å². The minimum atomic E-state index is -0.443. The van der Waals surface area contributed by atoms with Crippen molar-refractivity contribution in [2.24, 2.45) is 0 Å². The smallest absolute Gasteiger partial charge is 0.247 e. The maximum absolute atomic E-state index is 12.1. The molecule has 0 saturated carbocycles. The number of hydrogen-bond acceptors (Lipinski definition) is 5. The van der Waals surface area contributed by atoms with Gasteiger partial charge >= 0.3 is 0 Å². The van der Waals surface area contributed by atoms with Crippen LogP contribution in [0.5, 0.6) is 0 Å². The minimum absolute atomic E-state index is 0.159. The zero-order valence-electron chi connectivity index (χ0n) is 13.7. The average molecular weight is 328 g/mol.